The van der Waals surface area contributed by atoms with Crippen molar-refractivity contribution in [2.24, 2.45) is 5.92 Å². The summed E-state index contributed by atoms with van der Waals surface area (Å²) in [5, 5.41) is 8.24. The van der Waals surface area contributed by atoms with Gasteiger partial charge >= 0.3 is 12.5 Å². The number of imidazole rings is 1. The first-order valence-electron chi connectivity index (χ1n) is 17.9. The number of ether oxygens (including phenoxy) is 2. The van der Waals surface area contributed by atoms with Gasteiger partial charge in [-0.15, -0.1) is 13.2 Å². The first kappa shape index (κ1) is 39.0. The number of aromatic nitrogens is 3. The van der Waals surface area contributed by atoms with Crippen molar-refractivity contribution < 1.29 is 41.4 Å². The molecule has 0 bridgehead atoms. The number of H-pyrrole nitrogens is 1. The first-order valence-corrected chi connectivity index (χ1v) is 17.9. The number of rotatable bonds is 10. The fourth-order valence-electron chi connectivity index (χ4n) is 6.82. The number of nitrogens with zero attached hydrogens (tertiary/aromatic N) is 4. The number of piperazine rings is 1. The molecule has 2 aromatic heterocycles. The highest BCUT2D eigenvalue weighted by Gasteiger charge is 2.38. The number of benzene rings is 2. The lowest BCUT2D eigenvalue weighted by Gasteiger charge is -2.34. The normalized spacial score (nSPS) is 17.9. The van der Waals surface area contributed by atoms with Crippen molar-refractivity contribution in [1.29, 1.82) is 0 Å². The largest absolute Gasteiger partial charge is 0.573 e. The number of aromatic amines is 1. The van der Waals surface area contributed by atoms with E-state index in [9.17, 15) is 27.6 Å². The van der Waals surface area contributed by atoms with Crippen molar-refractivity contribution in [3.8, 4) is 28.1 Å². The maximum Gasteiger partial charge on any atom is 0.573 e. The summed E-state index contributed by atoms with van der Waals surface area (Å²) in [7, 11) is 1.23. The summed E-state index contributed by atoms with van der Waals surface area (Å²) in [4.78, 5) is 54.3. The minimum atomic E-state index is -5.11. The predicted octanol–water partition coefficient (Wildman–Crippen LogP) is 6.27. The average molecular weight is 767 g/mol. The maximum atomic E-state index is 15.5. The van der Waals surface area contributed by atoms with Gasteiger partial charge in [0.25, 0.3) is 5.91 Å². The third-order valence-electron chi connectivity index (χ3n) is 9.69. The Morgan fingerprint density at radius 3 is 2.40 bits per heavy atom. The van der Waals surface area contributed by atoms with Gasteiger partial charge in [-0.25, -0.2) is 19.2 Å². The van der Waals surface area contributed by atoms with E-state index in [1.165, 1.54) is 31.5 Å². The molecule has 17 heteroatoms. The van der Waals surface area contributed by atoms with Crippen LogP contribution in [0.4, 0.5) is 33.9 Å². The molecule has 2 unspecified atom stereocenters. The van der Waals surface area contributed by atoms with Crippen LogP contribution in [-0.2, 0) is 9.53 Å². The molecule has 292 valence electrons. The lowest BCUT2D eigenvalue weighted by Crippen LogP contribution is -2.51. The molecule has 3 atom stereocenters. The highest BCUT2D eigenvalue weighted by atomic mass is 19.4. The van der Waals surface area contributed by atoms with Gasteiger partial charge in [0, 0.05) is 50.0 Å². The monoisotopic (exact) mass is 766 g/mol. The lowest BCUT2D eigenvalue weighted by molar-refractivity contribution is -0.274. The van der Waals surface area contributed by atoms with E-state index >= 15 is 4.39 Å². The molecule has 6 rings (SSSR count). The second-order valence-electron chi connectivity index (χ2n) is 13.8. The van der Waals surface area contributed by atoms with Crippen LogP contribution >= 0.6 is 0 Å². The van der Waals surface area contributed by atoms with Crippen LogP contribution in [0.25, 0.3) is 22.4 Å². The molecular weight excluding hydrogens is 724 g/mol. The number of alkyl carbamates (subject to hydrolysis) is 1. The quantitative estimate of drug-likeness (QED) is 0.137. The van der Waals surface area contributed by atoms with Gasteiger partial charge in [-0.1, -0.05) is 38.1 Å². The van der Waals surface area contributed by atoms with Gasteiger partial charge in [-0.2, -0.15) is 0 Å². The van der Waals surface area contributed by atoms with Crippen molar-refractivity contribution in [2.75, 3.05) is 43.5 Å². The smallest absolute Gasteiger partial charge is 0.453 e. The molecule has 55 heavy (non-hydrogen) atoms. The summed E-state index contributed by atoms with van der Waals surface area (Å²) in [5.74, 6) is -1.71. The zero-order valence-corrected chi connectivity index (χ0v) is 30.7. The van der Waals surface area contributed by atoms with E-state index in [-0.39, 0.29) is 40.6 Å². The Morgan fingerprint density at radius 2 is 1.75 bits per heavy atom. The van der Waals surface area contributed by atoms with E-state index in [0.717, 1.165) is 38.2 Å². The van der Waals surface area contributed by atoms with Crippen LogP contribution in [0.2, 0.25) is 0 Å². The molecule has 13 nitrogen and oxygen atoms in total. The highest BCUT2D eigenvalue weighted by molar-refractivity contribution is 6.04. The maximum absolute atomic E-state index is 15.5. The van der Waals surface area contributed by atoms with E-state index in [1.54, 1.807) is 29.3 Å². The minimum absolute atomic E-state index is 0.0911. The number of carbonyl (C=O) groups is 3. The van der Waals surface area contributed by atoms with Gasteiger partial charge in [-0.3, -0.25) is 9.59 Å². The Labute approximate surface area is 314 Å². The predicted molar refractivity (Wildman–Crippen MR) is 196 cm³/mol. The first-order chi connectivity index (χ1) is 26.2. The number of carbonyl (C=O) groups excluding carboxylic acids is 3. The van der Waals surface area contributed by atoms with Crippen LogP contribution in [0.5, 0.6) is 5.75 Å². The molecule has 2 fully saturated rings. The van der Waals surface area contributed by atoms with Crippen molar-refractivity contribution in [3.63, 3.8) is 0 Å². The Kier molecular flexibility index (Phi) is 11.6. The summed E-state index contributed by atoms with van der Waals surface area (Å²) < 4.78 is 65.2. The van der Waals surface area contributed by atoms with Crippen LogP contribution in [0.3, 0.4) is 0 Å². The van der Waals surface area contributed by atoms with Crippen molar-refractivity contribution in [3.05, 3.63) is 78.1 Å². The number of pyridine rings is 1. The second-order valence-corrected chi connectivity index (χ2v) is 13.8. The van der Waals surface area contributed by atoms with Crippen molar-refractivity contribution in [1.82, 2.24) is 30.5 Å². The number of anilines is 2. The topological polar surface area (TPSA) is 154 Å². The molecule has 4 heterocycles. The number of methoxy groups -OCH3 is 1. The zero-order valence-electron chi connectivity index (χ0n) is 30.7. The summed E-state index contributed by atoms with van der Waals surface area (Å²) >= 11 is 0. The molecule has 2 aromatic carbocycles. The molecule has 0 spiro atoms. The number of likely N-dealkylation sites (tertiary alicyclic amines) is 1. The highest BCUT2D eigenvalue weighted by Crippen LogP contribution is 2.39. The molecule has 4 N–H and O–H groups in total. The summed E-state index contributed by atoms with van der Waals surface area (Å²) in [6, 6.07) is 10.2. The van der Waals surface area contributed by atoms with Crippen LogP contribution in [0.15, 0.2) is 60.9 Å². The van der Waals surface area contributed by atoms with Crippen LogP contribution < -0.4 is 25.6 Å². The Balaban J connectivity index is 1.19. The standard InChI is InChI=1S/C38H42F4N8O5/c1-21(2)33(48-37(53)54-4)36(52)50-14-5-6-30(50)34-45-20-29(46-34)24-9-7-23(8-10-24)26-16-27(39)28(17-31(26)55-38(40,41)42)47-35(51)25-11-12-32(44-19-25)49-15-13-43-18-22(49)3/h7-12,16-17,19-22,30,33,43H,5-6,13-15,18H2,1-4H3,(H,45,46)(H,47,51)(H,48,53)/t22?,30?,33-/m0/s1. The Morgan fingerprint density at radius 1 is 1.00 bits per heavy atom. The Bertz CT molecular complexity index is 2010. The summed E-state index contributed by atoms with van der Waals surface area (Å²) in [6.07, 6.45) is -1.52. The number of hydrogen-bond donors (Lipinski definition) is 4. The van der Waals surface area contributed by atoms with E-state index in [1.807, 2.05) is 20.8 Å². The lowest BCUT2D eigenvalue weighted by atomic mass is 10.0. The second kappa shape index (κ2) is 16.3. The van der Waals surface area contributed by atoms with Crippen molar-refractivity contribution >= 4 is 29.4 Å². The number of hydrogen-bond acceptors (Lipinski definition) is 9. The third-order valence-corrected chi connectivity index (χ3v) is 9.69. The van der Waals surface area contributed by atoms with Gasteiger partial charge in [0.05, 0.1) is 36.3 Å². The molecule has 2 aliphatic heterocycles. The third kappa shape index (κ3) is 8.99. The van der Waals surface area contributed by atoms with Gasteiger partial charge in [-0.05, 0) is 55.0 Å². The number of nitrogens with one attached hydrogen (secondary N) is 4. The fraction of sp³-hybridized carbons (Fsp3) is 0.395. The summed E-state index contributed by atoms with van der Waals surface area (Å²) in [6.45, 7) is 8.45. The van der Waals surface area contributed by atoms with E-state index in [2.05, 4.69) is 40.5 Å². The average Bonchev–Trinajstić information content (AvgIpc) is 3.85. The van der Waals surface area contributed by atoms with Crippen LogP contribution in [0.1, 0.15) is 55.8 Å². The molecule has 0 aliphatic carbocycles. The van der Waals surface area contributed by atoms with E-state index in [0.29, 0.717) is 35.9 Å². The molecule has 2 aliphatic rings. The van der Waals surface area contributed by atoms with Gasteiger partial charge in [0.1, 0.15) is 29.3 Å². The minimum Gasteiger partial charge on any atom is -0.453 e. The number of alkyl halides is 3. The molecule has 4 aromatic rings. The molecular formula is C38H42F4N8O5. The van der Waals surface area contributed by atoms with E-state index in [4.69, 9.17) is 4.74 Å². The SMILES string of the molecule is COC(=O)N[C@H](C(=O)N1CCCC1c1ncc(-c2ccc(-c3cc(F)c(NC(=O)c4ccc(N5CCNCC5C)nc4)cc3OC(F)(F)F)cc2)[nH]1)C(C)C. The fourth-order valence-corrected chi connectivity index (χ4v) is 6.82. The molecule has 2 saturated heterocycles. The molecule has 0 saturated carbocycles. The number of amides is 3. The van der Waals surface area contributed by atoms with Gasteiger partial charge < -0.3 is 40.2 Å². The van der Waals surface area contributed by atoms with Crippen molar-refractivity contribution in [2.45, 2.75) is 58.1 Å². The summed E-state index contributed by atoms with van der Waals surface area (Å²) in [5.41, 5.74) is 0.811. The molecule has 0 radical (unpaired) electrons. The number of halogens is 4. The zero-order chi connectivity index (χ0) is 39.4. The Hall–Kier alpha value is -5.71. The molecule has 3 amide bonds. The van der Waals surface area contributed by atoms with Gasteiger partial charge in [0.2, 0.25) is 5.91 Å². The van der Waals surface area contributed by atoms with Crippen LogP contribution in [-0.4, -0.2) is 89.5 Å². The van der Waals surface area contributed by atoms with E-state index < -0.39 is 41.7 Å². The van der Waals surface area contributed by atoms with Gasteiger partial charge in [0.15, 0.2) is 0 Å². The van der Waals surface area contributed by atoms with Crippen LogP contribution in [0, 0.1) is 11.7 Å².